The molecule has 0 bridgehead atoms. The quantitative estimate of drug-likeness (QED) is 0.487. The van der Waals surface area contributed by atoms with Crippen LogP contribution in [0.1, 0.15) is 43.7 Å². The van der Waals surface area contributed by atoms with Crippen molar-refractivity contribution in [2.24, 2.45) is 5.92 Å². The van der Waals surface area contributed by atoms with E-state index in [1.165, 1.54) is 0 Å². The third-order valence-electron chi connectivity index (χ3n) is 6.21. The van der Waals surface area contributed by atoms with Crippen LogP contribution >= 0.6 is 0 Å². The van der Waals surface area contributed by atoms with Gasteiger partial charge >= 0.3 is 0 Å². The number of fused-ring (bicyclic) bond motifs is 1. The van der Waals surface area contributed by atoms with E-state index < -0.39 is 29.9 Å². The van der Waals surface area contributed by atoms with Gasteiger partial charge in [-0.3, -0.25) is 24.5 Å². The number of imide groups is 1. The van der Waals surface area contributed by atoms with Crippen molar-refractivity contribution in [3.8, 4) is 0 Å². The number of nitrogens with one attached hydrogen (secondary N) is 3. The molecule has 2 aromatic rings. The summed E-state index contributed by atoms with van der Waals surface area (Å²) in [6.45, 7) is 2.06. The molecule has 4 rings (SSSR count). The monoisotopic (exact) mass is 441 g/mol. The standard InChI is InChI=1S/C23H27N3O6/c1-2-12-3-4-16-14(11-32-19(16)5-12)8-20(28)25-17-9-15(10-18(17)27)24-23(31)13-6-21(29)26-22(30)7-13/h3-5,11,13,15,17-18,27H,2,6-10H2,1H3,(H,24,31)(H,25,28)(H,26,29,30)/t15-,17-,18-/m1/s1. The van der Waals surface area contributed by atoms with Crippen molar-refractivity contribution in [2.45, 2.75) is 63.6 Å². The molecule has 0 spiro atoms. The highest BCUT2D eigenvalue weighted by molar-refractivity contribution is 6.02. The lowest BCUT2D eigenvalue weighted by atomic mass is 9.95. The van der Waals surface area contributed by atoms with E-state index in [4.69, 9.17) is 4.42 Å². The molecule has 0 unspecified atom stereocenters. The van der Waals surface area contributed by atoms with Crippen LogP contribution in [0, 0.1) is 5.92 Å². The van der Waals surface area contributed by atoms with E-state index >= 15 is 0 Å². The van der Waals surface area contributed by atoms with Gasteiger partial charge in [0.2, 0.25) is 23.6 Å². The largest absolute Gasteiger partial charge is 0.464 e. The van der Waals surface area contributed by atoms with Gasteiger partial charge in [-0.2, -0.15) is 0 Å². The van der Waals surface area contributed by atoms with Gasteiger partial charge in [-0.05, 0) is 30.9 Å². The summed E-state index contributed by atoms with van der Waals surface area (Å²) in [6.07, 6.45) is 2.39. The van der Waals surface area contributed by atoms with Gasteiger partial charge in [0, 0.05) is 29.8 Å². The Morgan fingerprint density at radius 2 is 1.91 bits per heavy atom. The first-order valence-electron chi connectivity index (χ1n) is 10.9. The van der Waals surface area contributed by atoms with Gasteiger partial charge in [-0.25, -0.2) is 0 Å². The zero-order valence-electron chi connectivity index (χ0n) is 17.8. The Balaban J connectivity index is 1.31. The van der Waals surface area contributed by atoms with Crippen LogP contribution in [-0.2, 0) is 32.0 Å². The maximum Gasteiger partial charge on any atom is 0.227 e. The van der Waals surface area contributed by atoms with E-state index in [1.807, 2.05) is 18.2 Å². The van der Waals surface area contributed by atoms with E-state index in [9.17, 15) is 24.3 Å². The third kappa shape index (κ3) is 4.83. The Morgan fingerprint density at radius 1 is 1.16 bits per heavy atom. The number of furan rings is 1. The van der Waals surface area contributed by atoms with E-state index in [0.717, 1.165) is 28.5 Å². The topological polar surface area (TPSA) is 138 Å². The van der Waals surface area contributed by atoms with E-state index in [0.29, 0.717) is 6.42 Å². The summed E-state index contributed by atoms with van der Waals surface area (Å²) < 4.78 is 5.59. The number of carbonyl (C=O) groups excluding carboxylic acids is 4. The predicted octanol–water partition coefficient (Wildman–Crippen LogP) is 0.715. The molecule has 9 nitrogen and oxygen atoms in total. The fourth-order valence-corrected chi connectivity index (χ4v) is 4.49. The number of aliphatic hydroxyl groups excluding tert-OH is 1. The number of amides is 4. The van der Waals surface area contributed by atoms with Crippen molar-refractivity contribution < 1.29 is 28.7 Å². The first-order valence-corrected chi connectivity index (χ1v) is 10.9. The number of piperidine rings is 1. The van der Waals surface area contributed by atoms with Crippen LogP contribution in [-0.4, -0.2) is 46.9 Å². The number of benzene rings is 1. The Kier molecular flexibility index (Phi) is 6.27. The number of hydrogen-bond acceptors (Lipinski definition) is 6. The summed E-state index contributed by atoms with van der Waals surface area (Å²) in [4.78, 5) is 48.0. The molecule has 2 aliphatic rings. The molecular weight excluding hydrogens is 414 g/mol. The first-order chi connectivity index (χ1) is 15.3. The van der Waals surface area contributed by atoms with Crippen LogP contribution in [0.15, 0.2) is 28.9 Å². The summed E-state index contributed by atoms with van der Waals surface area (Å²) in [5.41, 5.74) is 2.67. The molecule has 170 valence electrons. The summed E-state index contributed by atoms with van der Waals surface area (Å²) in [6, 6.07) is 5.09. The smallest absolute Gasteiger partial charge is 0.227 e. The molecule has 1 aliphatic heterocycles. The maximum atomic E-state index is 12.6. The number of carbonyl (C=O) groups is 4. The second kappa shape index (κ2) is 9.12. The molecule has 2 heterocycles. The van der Waals surface area contributed by atoms with Crippen LogP contribution in [0.5, 0.6) is 0 Å². The summed E-state index contributed by atoms with van der Waals surface area (Å²) >= 11 is 0. The molecular formula is C23H27N3O6. The molecule has 9 heteroatoms. The van der Waals surface area contributed by atoms with Gasteiger partial charge in [0.15, 0.2) is 0 Å². The fraction of sp³-hybridized carbons (Fsp3) is 0.478. The normalized spacial score (nSPS) is 23.9. The van der Waals surface area contributed by atoms with Crippen LogP contribution in [0.4, 0.5) is 0 Å². The van der Waals surface area contributed by atoms with Crippen LogP contribution in [0.2, 0.25) is 0 Å². The lowest BCUT2D eigenvalue weighted by Gasteiger charge is -2.22. The van der Waals surface area contributed by atoms with Crippen molar-refractivity contribution in [1.29, 1.82) is 0 Å². The average molecular weight is 441 g/mol. The van der Waals surface area contributed by atoms with Crippen molar-refractivity contribution in [3.05, 3.63) is 35.6 Å². The van der Waals surface area contributed by atoms with Crippen LogP contribution in [0.25, 0.3) is 11.0 Å². The summed E-state index contributed by atoms with van der Waals surface area (Å²) in [7, 11) is 0. The molecule has 1 saturated carbocycles. The van der Waals surface area contributed by atoms with Gasteiger partial charge in [0.25, 0.3) is 0 Å². The zero-order valence-corrected chi connectivity index (χ0v) is 17.8. The van der Waals surface area contributed by atoms with Crippen molar-refractivity contribution >= 4 is 34.6 Å². The second-order valence-electron chi connectivity index (χ2n) is 8.62. The number of hydrogen-bond donors (Lipinski definition) is 4. The molecule has 4 amide bonds. The van der Waals surface area contributed by atoms with Crippen molar-refractivity contribution in [1.82, 2.24) is 16.0 Å². The lowest BCUT2D eigenvalue weighted by Crippen LogP contribution is -2.46. The minimum absolute atomic E-state index is 0.0363. The molecule has 32 heavy (non-hydrogen) atoms. The minimum Gasteiger partial charge on any atom is -0.464 e. The summed E-state index contributed by atoms with van der Waals surface area (Å²) in [5, 5.41) is 19.1. The zero-order chi connectivity index (χ0) is 22.8. The van der Waals surface area contributed by atoms with Crippen LogP contribution < -0.4 is 16.0 Å². The number of aliphatic hydroxyl groups is 1. The minimum atomic E-state index is -0.797. The Bertz CT molecular complexity index is 1050. The number of aryl methyl sites for hydroxylation is 1. The van der Waals surface area contributed by atoms with E-state index in [-0.39, 0.29) is 43.5 Å². The lowest BCUT2D eigenvalue weighted by molar-refractivity contribution is -0.140. The second-order valence-corrected chi connectivity index (χ2v) is 8.62. The maximum absolute atomic E-state index is 12.6. The van der Waals surface area contributed by atoms with Crippen molar-refractivity contribution in [3.63, 3.8) is 0 Å². The molecule has 1 aromatic heterocycles. The molecule has 1 aromatic carbocycles. The van der Waals surface area contributed by atoms with Gasteiger partial charge < -0.3 is 20.2 Å². The Hall–Kier alpha value is -3.20. The highest BCUT2D eigenvalue weighted by Gasteiger charge is 2.37. The van der Waals surface area contributed by atoms with Gasteiger partial charge in [-0.1, -0.05) is 19.1 Å². The average Bonchev–Trinajstić information content (AvgIpc) is 3.29. The van der Waals surface area contributed by atoms with Gasteiger partial charge in [-0.15, -0.1) is 0 Å². The highest BCUT2D eigenvalue weighted by atomic mass is 16.3. The number of rotatable bonds is 6. The fourth-order valence-electron chi connectivity index (χ4n) is 4.49. The van der Waals surface area contributed by atoms with E-state index in [2.05, 4.69) is 22.9 Å². The third-order valence-corrected chi connectivity index (χ3v) is 6.21. The van der Waals surface area contributed by atoms with Crippen LogP contribution in [0.3, 0.4) is 0 Å². The van der Waals surface area contributed by atoms with E-state index in [1.54, 1.807) is 6.26 Å². The predicted molar refractivity (Wildman–Crippen MR) is 114 cm³/mol. The molecule has 3 atom stereocenters. The first kappa shape index (κ1) is 22.0. The Morgan fingerprint density at radius 3 is 2.62 bits per heavy atom. The molecule has 2 fully saturated rings. The van der Waals surface area contributed by atoms with Gasteiger partial charge in [0.1, 0.15) is 5.58 Å². The Labute approximate surface area is 184 Å². The molecule has 4 N–H and O–H groups in total. The molecule has 0 radical (unpaired) electrons. The molecule has 1 aliphatic carbocycles. The molecule has 1 saturated heterocycles. The summed E-state index contributed by atoms with van der Waals surface area (Å²) in [5.74, 6) is -2.25. The van der Waals surface area contributed by atoms with Crippen molar-refractivity contribution in [2.75, 3.05) is 0 Å². The highest BCUT2D eigenvalue weighted by Crippen LogP contribution is 2.25. The SMILES string of the molecule is CCc1ccc2c(CC(=O)N[C@@H]3C[C@@H](NC(=O)C4CC(=O)NC(=O)C4)C[C@H]3O)coc2c1. The van der Waals surface area contributed by atoms with Gasteiger partial charge in [0.05, 0.1) is 30.7 Å².